The van der Waals surface area contributed by atoms with E-state index in [1.54, 1.807) is 7.05 Å². The molecule has 0 spiro atoms. The van der Waals surface area contributed by atoms with E-state index in [2.05, 4.69) is 15.0 Å². The summed E-state index contributed by atoms with van der Waals surface area (Å²) in [5.41, 5.74) is 1.73. The van der Waals surface area contributed by atoms with Crippen LogP contribution in [0.4, 0.5) is 29.5 Å². The van der Waals surface area contributed by atoms with Crippen LogP contribution in [-0.4, -0.2) is 41.8 Å². The van der Waals surface area contributed by atoms with Crippen molar-refractivity contribution in [2.45, 2.75) is 12.9 Å². The first-order valence-electron chi connectivity index (χ1n) is 9.29. The number of nitrogens with zero attached hydrogens (tertiary/aromatic N) is 3. The molecule has 1 fully saturated rings. The standard InChI is InChI=1S/C21H17F3N4O3/c1-25-18-10-13(16-4-2-3-5-17(16)26-18)11-27-12-19(29)28(20(27)30)14-6-8-15(9-7-14)31-21(22,23)24/h2-10H,11-12H2,1H3,(H,25,26). The number of para-hydroxylation sites is 1. The first kappa shape index (κ1) is 20.5. The second-order valence-corrected chi connectivity index (χ2v) is 6.84. The predicted molar refractivity (Wildman–Crippen MR) is 108 cm³/mol. The van der Waals surface area contributed by atoms with Crippen LogP contribution in [0, 0.1) is 0 Å². The number of rotatable bonds is 5. The zero-order valence-electron chi connectivity index (χ0n) is 16.3. The number of anilines is 2. The van der Waals surface area contributed by atoms with Crippen LogP contribution in [0.1, 0.15) is 5.56 Å². The van der Waals surface area contributed by atoms with Gasteiger partial charge in [0.15, 0.2) is 0 Å². The van der Waals surface area contributed by atoms with Gasteiger partial charge in [-0.1, -0.05) is 18.2 Å². The minimum Gasteiger partial charge on any atom is -0.406 e. The number of urea groups is 1. The molecule has 2 heterocycles. The molecule has 1 N–H and O–H groups in total. The van der Waals surface area contributed by atoms with Gasteiger partial charge in [-0.15, -0.1) is 13.2 Å². The van der Waals surface area contributed by atoms with E-state index in [0.29, 0.717) is 5.82 Å². The smallest absolute Gasteiger partial charge is 0.406 e. The monoisotopic (exact) mass is 430 g/mol. The maximum atomic E-state index is 12.9. The van der Waals surface area contributed by atoms with Gasteiger partial charge < -0.3 is 15.0 Å². The molecule has 1 aromatic heterocycles. The van der Waals surface area contributed by atoms with Crippen molar-refractivity contribution in [1.82, 2.24) is 9.88 Å². The molecule has 31 heavy (non-hydrogen) atoms. The summed E-state index contributed by atoms with van der Waals surface area (Å²) in [7, 11) is 1.74. The van der Waals surface area contributed by atoms with Crippen LogP contribution in [0.15, 0.2) is 54.6 Å². The number of imide groups is 1. The molecule has 0 bridgehead atoms. The average molecular weight is 430 g/mol. The lowest BCUT2D eigenvalue weighted by atomic mass is 10.1. The van der Waals surface area contributed by atoms with Gasteiger partial charge in [-0.25, -0.2) is 14.7 Å². The Morgan fingerprint density at radius 1 is 1.10 bits per heavy atom. The summed E-state index contributed by atoms with van der Waals surface area (Å²) < 4.78 is 40.8. The Morgan fingerprint density at radius 2 is 1.81 bits per heavy atom. The summed E-state index contributed by atoms with van der Waals surface area (Å²) in [5.74, 6) is -0.277. The molecule has 10 heteroatoms. The summed E-state index contributed by atoms with van der Waals surface area (Å²) in [6.45, 7) is 0.0270. The Hall–Kier alpha value is -3.82. The van der Waals surface area contributed by atoms with Gasteiger partial charge in [0.05, 0.1) is 11.2 Å². The fourth-order valence-electron chi connectivity index (χ4n) is 3.44. The third-order valence-corrected chi connectivity index (χ3v) is 4.79. The number of hydrogen-bond donors (Lipinski definition) is 1. The number of hydrogen-bond acceptors (Lipinski definition) is 5. The molecule has 2 aromatic carbocycles. The van der Waals surface area contributed by atoms with E-state index in [1.165, 1.54) is 17.0 Å². The van der Waals surface area contributed by atoms with Gasteiger partial charge >= 0.3 is 12.4 Å². The Balaban J connectivity index is 1.57. The number of amides is 3. The van der Waals surface area contributed by atoms with Crippen LogP contribution < -0.4 is 15.0 Å². The van der Waals surface area contributed by atoms with E-state index in [4.69, 9.17) is 0 Å². The predicted octanol–water partition coefficient (Wildman–Crippen LogP) is 4.14. The summed E-state index contributed by atoms with van der Waals surface area (Å²) in [6.07, 6.45) is -4.82. The molecule has 0 radical (unpaired) electrons. The normalized spacial score (nSPS) is 14.5. The highest BCUT2D eigenvalue weighted by molar-refractivity contribution is 6.19. The van der Waals surface area contributed by atoms with Crippen molar-refractivity contribution in [3.63, 3.8) is 0 Å². The van der Waals surface area contributed by atoms with Crippen LogP contribution in [0.2, 0.25) is 0 Å². The number of halogens is 3. The number of carbonyl (C=O) groups excluding carboxylic acids is 2. The number of aromatic nitrogens is 1. The lowest BCUT2D eigenvalue weighted by molar-refractivity contribution is -0.274. The minimum atomic E-state index is -4.82. The average Bonchev–Trinajstić information content (AvgIpc) is 3.00. The fourth-order valence-corrected chi connectivity index (χ4v) is 3.44. The zero-order valence-corrected chi connectivity index (χ0v) is 16.3. The van der Waals surface area contributed by atoms with Crippen LogP contribution in [0.25, 0.3) is 10.9 Å². The fraction of sp³-hybridized carbons (Fsp3) is 0.190. The van der Waals surface area contributed by atoms with Crippen molar-refractivity contribution in [3.05, 3.63) is 60.2 Å². The molecule has 4 rings (SSSR count). The van der Waals surface area contributed by atoms with Crippen LogP contribution >= 0.6 is 0 Å². The van der Waals surface area contributed by atoms with Gasteiger partial charge in [0.2, 0.25) is 0 Å². The van der Waals surface area contributed by atoms with Gasteiger partial charge in [0, 0.05) is 19.0 Å². The van der Waals surface area contributed by atoms with E-state index in [-0.39, 0.29) is 18.8 Å². The van der Waals surface area contributed by atoms with Crippen LogP contribution in [0.5, 0.6) is 5.75 Å². The first-order chi connectivity index (χ1) is 14.7. The number of ether oxygens (including phenoxy) is 1. The summed E-state index contributed by atoms with van der Waals surface area (Å²) in [4.78, 5) is 32.2. The summed E-state index contributed by atoms with van der Waals surface area (Å²) in [5, 5.41) is 3.83. The van der Waals surface area contributed by atoms with E-state index < -0.39 is 24.1 Å². The Morgan fingerprint density at radius 3 is 2.48 bits per heavy atom. The topological polar surface area (TPSA) is 74.8 Å². The second kappa shape index (κ2) is 7.78. The number of fused-ring (bicyclic) bond motifs is 1. The maximum Gasteiger partial charge on any atom is 0.573 e. The molecule has 3 amide bonds. The number of alkyl halides is 3. The summed E-state index contributed by atoms with van der Waals surface area (Å²) >= 11 is 0. The van der Waals surface area contributed by atoms with Crippen molar-refractivity contribution in [2.24, 2.45) is 0 Å². The molecule has 7 nitrogen and oxygen atoms in total. The molecule has 1 saturated heterocycles. The van der Waals surface area contributed by atoms with Gasteiger partial charge in [0.25, 0.3) is 5.91 Å². The highest BCUT2D eigenvalue weighted by Gasteiger charge is 2.37. The van der Waals surface area contributed by atoms with Gasteiger partial charge in [-0.3, -0.25) is 4.79 Å². The van der Waals surface area contributed by atoms with E-state index in [9.17, 15) is 22.8 Å². The Kier molecular flexibility index (Phi) is 5.14. The Bertz CT molecular complexity index is 1150. The van der Waals surface area contributed by atoms with Gasteiger partial charge in [0.1, 0.15) is 18.1 Å². The molecule has 0 saturated carbocycles. The molecule has 0 unspecified atom stereocenters. The van der Waals surface area contributed by atoms with Crippen molar-refractivity contribution >= 4 is 34.3 Å². The zero-order chi connectivity index (χ0) is 22.2. The van der Waals surface area contributed by atoms with E-state index in [1.807, 2.05) is 30.3 Å². The number of pyridine rings is 1. The number of carbonyl (C=O) groups is 2. The largest absolute Gasteiger partial charge is 0.573 e. The third-order valence-electron chi connectivity index (χ3n) is 4.79. The van der Waals surface area contributed by atoms with Crippen molar-refractivity contribution < 1.29 is 27.5 Å². The Labute approximate surface area is 175 Å². The molecule has 0 aliphatic carbocycles. The number of nitrogens with one attached hydrogen (secondary N) is 1. The second-order valence-electron chi connectivity index (χ2n) is 6.84. The SMILES string of the molecule is CNc1cc(CN2CC(=O)N(c3ccc(OC(F)(F)F)cc3)C2=O)c2ccccc2n1. The lowest BCUT2D eigenvalue weighted by Gasteiger charge is -2.19. The van der Waals surface area contributed by atoms with E-state index in [0.717, 1.165) is 33.5 Å². The molecule has 160 valence electrons. The molecular weight excluding hydrogens is 413 g/mol. The first-order valence-corrected chi connectivity index (χ1v) is 9.29. The lowest BCUT2D eigenvalue weighted by Crippen LogP contribution is -2.32. The molecule has 0 atom stereocenters. The highest BCUT2D eigenvalue weighted by atomic mass is 19.4. The molecular formula is C21H17F3N4O3. The van der Waals surface area contributed by atoms with Crippen molar-refractivity contribution in [1.29, 1.82) is 0 Å². The highest BCUT2D eigenvalue weighted by Crippen LogP contribution is 2.29. The molecule has 1 aliphatic rings. The summed E-state index contributed by atoms with van der Waals surface area (Å²) in [6, 6.07) is 13.3. The van der Waals surface area contributed by atoms with Crippen molar-refractivity contribution in [3.8, 4) is 5.75 Å². The third kappa shape index (κ3) is 4.23. The quantitative estimate of drug-likeness (QED) is 0.616. The van der Waals surface area contributed by atoms with Crippen LogP contribution in [0.3, 0.4) is 0 Å². The van der Waals surface area contributed by atoms with E-state index >= 15 is 0 Å². The number of benzene rings is 2. The van der Waals surface area contributed by atoms with Crippen molar-refractivity contribution in [2.75, 3.05) is 23.8 Å². The minimum absolute atomic E-state index is 0.148. The van der Waals surface area contributed by atoms with Crippen LogP contribution in [-0.2, 0) is 11.3 Å². The maximum absolute atomic E-state index is 12.9. The van der Waals surface area contributed by atoms with Gasteiger partial charge in [-0.2, -0.15) is 0 Å². The van der Waals surface area contributed by atoms with Gasteiger partial charge in [-0.05, 0) is 42.0 Å². The molecule has 3 aromatic rings. The molecule has 1 aliphatic heterocycles.